The Morgan fingerprint density at radius 3 is 2.19 bits per heavy atom. The summed E-state index contributed by atoms with van der Waals surface area (Å²) >= 11 is 3.44. The lowest BCUT2D eigenvalue weighted by molar-refractivity contribution is -0.137. The molecule has 0 spiro atoms. The molecule has 0 aliphatic rings. The van der Waals surface area contributed by atoms with E-state index >= 15 is 0 Å². The van der Waals surface area contributed by atoms with E-state index in [1.54, 1.807) is 0 Å². The van der Waals surface area contributed by atoms with E-state index in [1.807, 2.05) is 42.5 Å². The van der Waals surface area contributed by atoms with E-state index in [1.165, 1.54) is 12.1 Å². The maximum absolute atomic E-state index is 12.7. The summed E-state index contributed by atoms with van der Waals surface area (Å²) in [7, 11) is 0. The highest BCUT2D eigenvalue weighted by atomic mass is 79.9. The van der Waals surface area contributed by atoms with Crippen LogP contribution >= 0.6 is 15.9 Å². The molecule has 1 N–H and O–H groups in total. The largest absolute Gasteiger partial charge is 0.416 e. The first-order valence-corrected chi connectivity index (χ1v) is 9.93. The molecule has 5 nitrogen and oxygen atoms in total. The van der Waals surface area contributed by atoms with Crippen LogP contribution < -0.4 is 0 Å². The van der Waals surface area contributed by atoms with Crippen LogP contribution in [0.2, 0.25) is 0 Å². The quantitative estimate of drug-likeness (QED) is 0.308. The van der Waals surface area contributed by atoms with Gasteiger partial charge in [0.1, 0.15) is 5.82 Å². The lowest BCUT2D eigenvalue weighted by atomic mass is 10.1. The zero-order valence-corrected chi connectivity index (χ0v) is 17.2. The Hall–Kier alpha value is -3.46. The smallest absolute Gasteiger partial charge is 0.338 e. The first-order valence-electron chi connectivity index (χ1n) is 9.14. The summed E-state index contributed by atoms with van der Waals surface area (Å²) in [5.74, 6) is 1.23. The Labute approximate surface area is 182 Å². The summed E-state index contributed by atoms with van der Waals surface area (Å²) in [5.41, 5.74) is 3.07. The molecule has 0 unspecified atom stereocenters. The molecule has 3 aromatic carbocycles. The number of imidazole rings is 1. The third-order valence-electron chi connectivity index (χ3n) is 4.75. The van der Waals surface area contributed by atoms with Crippen LogP contribution in [0.1, 0.15) is 5.56 Å². The molecule has 5 aromatic rings. The Morgan fingerprint density at radius 2 is 1.48 bits per heavy atom. The van der Waals surface area contributed by atoms with Crippen molar-refractivity contribution in [2.75, 3.05) is 0 Å². The number of nitrogens with one attached hydrogen (secondary N) is 1. The van der Waals surface area contributed by atoms with Gasteiger partial charge in [0, 0.05) is 21.2 Å². The van der Waals surface area contributed by atoms with Crippen molar-refractivity contribution in [1.29, 1.82) is 0 Å². The average molecular weight is 485 g/mol. The van der Waals surface area contributed by atoms with Crippen molar-refractivity contribution in [2.45, 2.75) is 6.18 Å². The molecule has 2 heterocycles. The maximum Gasteiger partial charge on any atom is 0.416 e. The van der Waals surface area contributed by atoms with Crippen molar-refractivity contribution in [3.8, 4) is 34.2 Å². The molecule has 0 saturated heterocycles. The number of alkyl halides is 3. The Kier molecular flexibility index (Phi) is 4.62. The number of hydrogen-bond donors (Lipinski definition) is 1. The fraction of sp³-hybridized carbons (Fsp3) is 0.0455. The lowest BCUT2D eigenvalue weighted by Crippen LogP contribution is -2.03. The highest BCUT2D eigenvalue weighted by Crippen LogP contribution is 2.31. The predicted octanol–water partition coefficient (Wildman–Crippen LogP) is 6.73. The Balaban J connectivity index is 1.39. The van der Waals surface area contributed by atoms with Crippen LogP contribution in [0.15, 0.2) is 75.7 Å². The minimum Gasteiger partial charge on any atom is -0.338 e. The number of aromatic amines is 1. The molecule has 2 aromatic heterocycles. The second-order valence-corrected chi connectivity index (χ2v) is 7.74. The first-order chi connectivity index (χ1) is 14.9. The van der Waals surface area contributed by atoms with Crippen molar-refractivity contribution < 1.29 is 17.7 Å². The van der Waals surface area contributed by atoms with E-state index in [9.17, 15) is 13.2 Å². The van der Waals surface area contributed by atoms with Crippen molar-refractivity contribution in [3.63, 3.8) is 0 Å². The maximum atomic E-state index is 12.7. The molecular formula is C22H12BrF3N4O. The fourth-order valence-corrected chi connectivity index (χ4v) is 3.50. The van der Waals surface area contributed by atoms with E-state index < -0.39 is 11.7 Å². The van der Waals surface area contributed by atoms with Gasteiger partial charge in [-0.2, -0.15) is 18.2 Å². The van der Waals surface area contributed by atoms with Crippen LogP contribution in [0.25, 0.3) is 45.3 Å². The summed E-state index contributed by atoms with van der Waals surface area (Å²) in [6.07, 6.45) is -4.39. The minimum absolute atomic E-state index is 0.149. The van der Waals surface area contributed by atoms with Gasteiger partial charge in [-0.15, -0.1) is 0 Å². The third kappa shape index (κ3) is 3.84. The molecule has 0 fully saturated rings. The van der Waals surface area contributed by atoms with Crippen LogP contribution in [0.3, 0.4) is 0 Å². The van der Waals surface area contributed by atoms with Crippen LogP contribution in [-0.2, 0) is 6.18 Å². The fourth-order valence-electron chi connectivity index (χ4n) is 3.15. The number of nitrogens with zero attached hydrogens (tertiary/aromatic N) is 3. The van der Waals surface area contributed by atoms with Gasteiger partial charge < -0.3 is 9.51 Å². The number of H-pyrrole nitrogens is 1. The monoisotopic (exact) mass is 484 g/mol. The Morgan fingerprint density at radius 1 is 0.806 bits per heavy atom. The number of fused-ring (bicyclic) bond motifs is 1. The second kappa shape index (κ2) is 7.35. The first kappa shape index (κ1) is 19.5. The number of halogens is 4. The van der Waals surface area contributed by atoms with E-state index in [0.717, 1.165) is 39.0 Å². The summed E-state index contributed by atoms with van der Waals surface area (Å²) in [4.78, 5) is 12.2. The number of benzene rings is 3. The molecule has 0 aliphatic heterocycles. The van der Waals surface area contributed by atoms with Crippen LogP contribution in [0, 0.1) is 0 Å². The van der Waals surface area contributed by atoms with Gasteiger partial charge in [0.15, 0.2) is 0 Å². The third-order valence-corrected chi connectivity index (χ3v) is 5.24. The van der Waals surface area contributed by atoms with E-state index in [-0.39, 0.29) is 5.89 Å². The van der Waals surface area contributed by atoms with Gasteiger partial charge in [0.2, 0.25) is 5.82 Å². The standard InChI is InChI=1S/C22H12BrF3N4O/c23-16-9-10-17-18(11-16)28-19(27-17)12-1-3-13(4-2-12)20-29-21(31-30-20)14-5-7-15(8-6-14)22(24,25)26/h1-11H,(H,27,28). The molecule has 0 amide bonds. The minimum atomic E-state index is -4.39. The predicted molar refractivity (Wildman–Crippen MR) is 113 cm³/mol. The topological polar surface area (TPSA) is 67.6 Å². The normalized spacial score (nSPS) is 11.9. The molecule has 0 bridgehead atoms. The van der Waals surface area contributed by atoms with Gasteiger partial charge in [-0.1, -0.05) is 45.4 Å². The summed E-state index contributed by atoms with van der Waals surface area (Å²) < 4.78 is 44.3. The highest BCUT2D eigenvalue weighted by molar-refractivity contribution is 9.10. The zero-order valence-electron chi connectivity index (χ0n) is 15.6. The second-order valence-electron chi connectivity index (χ2n) is 6.82. The van der Waals surface area contributed by atoms with Gasteiger partial charge in [-0.25, -0.2) is 4.98 Å². The number of hydrogen-bond acceptors (Lipinski definition) is 4. The lowest BCUT2D eigenvalue weighted by Gasteiger charge is -2.05. The SMILES string of the molecule is FC(F)(F)c1ccc(-c2nc(-c3ccc(-c4nc5cc(Br)ccc5[nH]4)cc3)no2)cc1. The van der Waals surface area contributed by atoms with Gasteiger partial charge in [-0.3, -0.25) is 0 Å². The number of rotatable bonds is 3. The van der Waals surface area contributed by atoms with E-state index in [4.69, 9.17) is 4.52 Å². The van der Waals surface area contributed by atoms with Gasteiger partial charge in [0.25, 0.3) is 5.89 Å². The van der Waals surface area contributed by atoms with E-state index in [2.05, 4.69) is 36.0 Å². The van der Waals surface area contributed by atoms with Gasteiger partial charge in [-0.05, 0) is 42.5 Å². The molecule has 31 heavy (non-hydrogen) atoms. The molecule has 0 atom stereocenters. The molecule has 5 rings (SSSR count). The van der Waals surface area contributed by atoms with Gasteiger partial charge in [0.05, 0.1) is 16.6 Å². The molecule has 0 aliphatic carbocycles. The van der Waals surface area contributed by atoms with Crippen molar-refractivity contribution in [1.82, 2.24) is 20.1 Å². The highest BCUT2D eigenvalue weighted by Gasteiger charge is 2.30. The van der Waals surface area contributed by atoms with E-state index in [0.29, 0.717) is 17.0 Å². The number of aromatic nitrogens is 4. The van der Waals surface area contributed by atoms with Crippen LogP contribution in [0.4, 0.5) is 13.2 Å². The van der Waals surface area contributed by atoms with Crippen LogP contribution in [-0.4, -0.2) is 20.1 Å². The summed E-state index contributed by atoms with van der Waals surface area (Å²) in [6, 6.07) is 17.9. The van der Waals surface area contributed by atoms with Gasteiger partial charge >= 0.3 is 6.18 Å². The summed E-state index contributed by atoms with van der Waals surface area (Å²) in [6.45, 7) is 0. The van der Waals surface area contributed by atoms with Crippen molar-refractivity contribution >= 4 is 27.0 Å². The Bertz CT molecular complexity index is 1370. The zero-order chi connectivity index (χ0) is 21.6. The molecular weight excluding hydrogens is 473 g/mol. The summed E-state index contributed by atoms with van der Waals surface area (Å²) in [5, 5.41) is 3.94. The van der Waals surface area contributed by atoms with Crippen LogP contribution in [0.5, 0.6) is 0 Å². The van der Waals surface area contributed by atoms with Crippen molar-refractivity contribution in [3.05, 3.63) is 76.8 Å². The molecule has 0 saturated carbocycles. The average Bonchev–Trinajstić information content (AvgIpc) is 3.40. The van der Waals surface area contributed by atoms with Crippen molar-refractivity contribution in [2.24, 2.45) is 0 Å². The molecule has 9 heteroatoms. The molecule has 154 valence electrons. The molecule has 0 radical (unpaired) electrons.